The number of imidazole rings is 1. The Labute approximate surface area is 173 Å². The number of fused-ring (bicyclic) bond motifs is 1. The number of methoxy groups -OCH3 is 1. The van der Waals surface area contributed by atoms with Crippen molar-refractivity contribution in [3.05, 3.63) is 51.5 Å². The summed E-state index contributed by atoms with van der Waals surface area (Å²) in [5.74, 6) is -0.610. The lowest BCUT2D eigenvalue weighted by Gasteiger charge is -2.36. The molecule has 1 aliphatic heterocycles. The molecule has 2 heterocycles. The van der Waals surface area contributed by atoms with Crippen LogP contribution in [0.1, 0.15) is 36.8 Å². The van der Waals surface area contributed by atoms with Crippen LogP contribution >= 0.6 is 23.2 Å². The molecule has 28 heavy (non-hydrogen) atoms. The molecule has 3 rings (SSSR count). The molecule has 2 atom stereocenters. The number of amides is 2. The number of halogens is 2. The van der Waals surface area contributed by atoms with Crippen molar-refractivity contribution >= 4 is 35.2 Å². The standard InChI is InChI=1S/C19H22Cl2N4O3/c1-10(2)15(18(26)28-3)24-19(27)25-7-6-14-16(23-9-22-14)17(25)12-5-4-11(20)8-13(12)21/h4-5,8-10,15,17H,6-7H2,1-3H3,(H,22,23)(H,24,27)/t15-,17+/m0/s1. The zero-order valence-corrected chi connectivity index (χ0v) is 17.3. The highest BCUT2D eigenvalue weighted by molar-refractivity contribution is 6.35. The summed E-state index contributed by atoms with van der Waals surface area (Å²) in [6.07, 6.45) is 2.23. The van der Waals surface area contributed by atoms with Crippen LogP contribution in [-0.4, -0.2) is 46.6 Å². The van der Waals surface area contributed by atoms with Gasteiger partial charge in [0.05, 0.1) is 19.1 Å². The van der Waals surface area contributed by atoms with Gasteiger partial charge >= 0.3 is 12.0 Å². The second-order valence-corrected chi connectivity index (χ2v) is 7.82. The van der Waals surface area contributed by atoms with E-state index < -0.39 is 18.1 Å². The minimum absolute atomic E-state index is 0.125. The van der Waals surface area contributed by atoms with E-state index in [1.165, 1.54) is 7.11 Å². The minimum Gasteiger partial charge on any atom is -0.467 e. The number of carbonyl (C=O) groups excluding carboxylic acids is 2. The van der Waals surface area contributed by atoms with Crippen LogP contribution in [0, 0.1) is 5.92 Å². The first-order chi connectivity index (χ1) is 13.3. The number of hydrogen-bond donors (Lipinski definition) is 2. The molecule has 150 valence electrons. The summed E-state index contributed by atoms with van der Waals surface area (Å²) in [6.45, 7) is 4.13. The summed E-state index contributed by atoms with van der Waals surface area (Å²) in [4.78, 5) is 34.4. The van der Waals surface area contributed by atoms with E-state index in [2.05, 4.69) is 15.3 Å². The third kappa shape index (κ3) is 3.95. The van der Waals surface area contributed by atoms with Gasteiger partial charge in [0.2, 0.25) is 0 Å². The second kappa shape index (κ2) is 8.41. The topological polar surface area (TPSA) is 87.3 Å². The zero-order chi connectivity index (χ0) is 20.4. The lowest BCUT2D eigenvalue weighted by Crippen LogP contribution is -2.53. The van der Waals surface area contributed by atoms with E-state index in [0.29, 0.717) is 28.6 Å². The molecule has 9 heteroatoms. The van der Waals surface area contributed by atoms with Crippen LogP contribution in [0.25, 0.3) is 0 Å². The monoisotopic (exact) mass is 424 g/mol. The van der Waals surface area contributed by atoms with Gasteiger partial charge in [0.15, 0.2) is 0 Å². The molecule has 2 aromatic rings. The molecule has 0 saturated heterocycles. The maximum absolute atomic E-state index is 13.1. The highest BCUT2D eigenvalue weighted by atomic mass is 35.5. The summed E-state index contributed by atoms with van der Waals surface area (Å²) < 4.78 is 4.82. The first-order valence-corrected chi connectivity index (χ1v) is 9.71. The number of aromatic amines is 1. The number of benzene rings is 1. The average molecular weight is 425 g/mol. The fourth-order valence-electron chi connectivity index (χ4n) is 3.37. The van der Waals surface area contributed by atoms with Crippen LogP contribution in [0.4, 0.5) is 4.79 Å². The first kappa shape index (κ1) is 20.5. The zero-order valence-electron chi connectivity index (χ0n) is 15.8. The van der Waals surface area contributed by atoms with E-state index >= 15 is 0 Å². The molecule has 2 N–H and O–H groups in total. The van der Waals surface area contributed by atoms with Crippen LogP contribution in [0.3, 0.4) is 0 Å². The van der Waals surface area contributed by atoms with E-state index in [4.69, 9.17) is 27.9 Å². The Kier molecular flexibility index (Phi) is 6.15. The Morgan fingerprint density at radius 3 is 2.75 bits per heavy atom. The highest BCUT2D eigenvalue weighted by Gasteiger charge is 2.37. The smallest absolute Gasteiger partial charge is 0.328 e. The number of rotatable bonds is 4. The largest absolute Gasteiger partial charge is 0.467 e. The fraction of sp³-hybridized carbons (Fsp3) is 0.421. The van der Waals surface area contributed by atoms with Gasteiger partial charge in [-0.25, -0.2) is 14.6 Å². The molecule has 1 aromatic carbocycles. The first-order valence-electron chi connectivity index (χ1n) is 8.95. The Bertz CT molecular complexity index is 884. The number of H-pyrrole nitrogens is 1. The van der Waals surface area contributed by atoms with Crippen LogP contribution in [0.2, 0.25) is 10.0 Å². The van der Waals surface area contributed by atoms with Crippen molar-refractivity contribution in [2.45, 2.75) is 32.4 Å². The Morgan fingerprint density at radius 1 is 1.36 bits per heavy atom. The molecule has 0 bridgehead atoms. The van der Waals surface area contributed by atoms with Gasteiger partial charge in [0, 0.05) is 28.7 Å². The van der Waals surface area contributed by atoms with E-state index in [9.17, 15) is 9.59 Å². The van der Waals surface area contributed by atoms with Gasteiger partial charge < -0.3 is 19.9 Å². The number of ether oxygens (including phenoxy) is 1. The van der Waals surface area contributed by atoms with Gasteiger partial charge in [-0.2, -0.15) is 0 Å². The molecule has 0 unspecified atom stereocenters. The molecule has 1 aromatic heterocycles. The molecule has 0 fully saturated rings. The van der Waals surface area contributed by atoms with Gasteiger partial charge in [-0.3, -0.25) is 0 Å². The number of carbonyl (C=O) groups is 2. The van der Waals surface area contributed by atoms with Gasteiger partial charge in [-0.05, 0) is 23.6 Å². The summed E-state index contributed by atoms with van der Waals surface area (Å²) in [5.41, 5.74) is 2.40. The number of nitrogens with zero attached hydrogens (tertiary/aromatic N) is 2. The minimum atomic E-state index is -0.751. The van der Waals surface area contributed by atoms with Crippen molar-refractivity contribution in [1.82, 2.24) is 20.2 Å². The van der Waals surface area contributed by atoms with Crippen LogP contribution < -0.4 is 5.32 Å². The second-order valence-electron chi connectivity index (χ2n) is 6.97. The molecule has 0 radical (unpaired) electrons. The summed E-state index contributed by atoms with van der Waals surface area (Å²) >= 11 is 12.5. The van der Waals surface area contributed by atoms with Crippen molar-refractivity contribution in [1.29, 1.82) is 0 Å². The maximum atomic E-state index is 13.1. The molecular formula is C19H22Cl2N4O3. The van der Waals surface area contributed by atoms with Crippen molar-refractivity contribution in [2.75, 3.05) is 13.7 Å². The molecule has 0 aliphatic carbocycles. The molecule has 0 saturated carbocycles. The van der Waals surface area contributed by atoms with Gasteiger partial charge in [-0.1, -0.05) is 43.1 Å². The molecule has 2 amide bonds. The summed E-state index contributed by atoms with van der Waals surface area (Å²) in [6, 6.07) is 3.53. The lowest BCUT2D eigenvalue weighted by atomic mass is 9.95. The van der Waals surface area contributed by atoms with Crippen LogP contribution in [-0.2, 0) is 16.0 Å². The predicted molar refractivity (Wildman–Crippen MR) is 106 cm³/mol. The summed E-state index contributed by atoms with van der Waals surface area (Å²) in [7, 11) is 1.30. The van der Waals surface area contributed by atoms with Gasteiger partial charge in [0.25, 0.3) is 0 Å². The van der Waals surface area contributed by atoms with Crippen molar-refractivity contribution in [2.24, 2.45) is 5.92 Å². The van der Waals surface area contributed by atoms with E-state index in [0.717, 1.165) is 11.4 Å². The maximum Gasteiger partial charge on any atom is 0.328 e. The van der Waals surface area contributed by atoms with Crippen LogP contribution in [0.15, 0.2) is 24.5 Å². The summed E-state index contributed by atoms with van der Waals surface area (Å²) in [5, 5.41) is 3.75. The molecular weight excluding hydrogens is 403 g/mol. The Balaban J connectivity index is 1.96. The SMILES string of the molecule is COC(=O)[C@@H](NC(=O)N1CCc2[nH]cnc2[C@H]1c1ccc(Cl)cc1Cl)C(C)C. The van der Waals surface area contributed by atoms with Crippen molar-refractivity contribution in [3.8, 4) is 0 Å². The van der Waals surface area contributed by atoms with Crippen LogP contribution in [0.5, 0.6) is 0 Å². The number of aromatic nitrogens is 2. The van der Waals surface area contributed by atoms with Crippen molar-refractivity contribution < 1.29 is 14.3 Å². The quantitative estimate of drug-likeness (QED) is 0.734. The van der Waals surface area contributed by atoms with Crippen molar-refractivity contribution in [3.63, 3.8) is 0 Å². The number of esters is 1. The van der Waals surface area contributed by atoms with Gasteiger partial charge in [0.1, 0.15) is 12.1 Å². The fourth-order valence-corrected chi connectivity index (χ4v) is 3.89. The van der Waals surface area contributed by atoms with Gasteiger partial charge in [-0.15, -0.1) is 0 Å². The average Bonchev–Trinajstić information content (AvgIpc) is 3.13. The third-order valence-corrected chi connectivity index (χ3v) is 5.41. The number of urea groups is 1. The van der Waals surface area contributed by atoms with E-state index in [1.807, 2.05) is 13.8 Å². The molecule has 0 spiro atoms. The number of nitrogens with one attached hydrogen (secondary N) is 2. The third-order valence-electron chi connectivity index (χ3n) is 4.84. The normalized spacial score (nSPS) is 17.2. The highest BCUT2D eigenvalue weighted by Crippen LogP contribution is 2.37. The van der Waals surface area contributed by atoms with E-state index in [-0.39, 0.29) is 11.9 Å². The molecule has 1 aliphatic rings. The molecule has 7 nitrogen and oxygen atoms in total. The van der Waals surface area contributed by atoms with E-state index in [1.54, 1.807) is 29.4 Å². The Hall–Kier alpha value is -2.25. The lowest BCUT2D eigenvalue weighted by molar-refractivity contribution is -0.144. The Morgan fingerprint density at radius 2 is 2.11 bits per heavy atom. The number of hydrogen-bond acceptors (Lipinski definition) is 4. The predicted octanol–water partition coefficient (Wildman–Crippen LogP) is 3.57.